The van der Waals surface area contributed by atoms with Gasteiger partial charge in [0.2, 0.25) is 0 Å². The van der Waals surface area contributed by atoms with Crippen molar-refractivity contribution in [1.82, 2.24) is 10.6 Å². The minimum atomic E-state index is 0.233. The molecule has 0 saturated carbocycles. The monoisotopic (exact) mass is 179 g/mol. The molecule has 0 aromatic rings. The normalized spacial score (nSPS) is 27.5. The second-order valence-corrected chi connectivity index (χ2v) is 4.79. The molecule has 0 aromatic carbocycles. The summed E-state index contributed by atoms with van der Waals surface area (Å²) in [7, 11) is 0. The van der Waals surface area contributed by atoms with Gasteiger partial charge >= 0.3 is 0 Å². The van der Waals surface area contributed by atoms with E-state index in [9.17, 15) is 0 Å². The third kappa shape index (κ3) is 1.61. The molecule has 72 valence electrons. The fourth-order valence-corrected chi connectivity index (χ4v) is 1.67. The van der Waals surface area contributed by atoms with Gasteiger partial charge in [-0.25, -0.2) is 4.99 Å². The SMILES string of the molecule is CC(C)(C)C1NCC2=C(N=CC2)N1. The van der Waals surface area contributed by atoms with Crippen molar-refractivity contribution < 1.29 is 0 Å². The first-order valence-corrected chi connectivity index (χ1v) is 4.82. The van der Waals surface area contributed by atoms with E-state index < -0.39 is 0 Å². The highest BCUT2D eigenvalue weighted by Gasteiger charge is 2.29. The van der Waals surface area contributed by atoms with Crippen LogP contribution in [0.5, 0.6) is 0 Å². The quantitative estimate of drug-likeness (QED) is 0.587. The molecule has 2 aliphatic heterocycles. The smallest absolute Gasteiger partial charge is 0.127 e. The molecule has 2 heterocycles. The summed E-state index contributed by atoms with van der Waals surface area (Å²) in [4.78, 5) is 4.32. The molecule has 0 fully saturated rings. The predicted octanol–water partition coefficient (Wildman–Crippen LogP) is 1.24. The first-order chi connectivity index (χ1) is 6.07. The van der Waals surface area contributed by atoms with Crippen molar-refractivity contribution in [3.8, 4) is 0 Å². The maximum absolute atomic E-state index is 4.32. The lowest BCUT2D eigenvalue weighted by molar-refractivity contribution is 0.234. The molecule has 0 spiro atoms. The van der Waals surface area contributed by atoms with Gasteiger partial charge in [-0.05, 0) is 11.0 Å². The van der Waals surface area contributed by atoms with Gasteiger partial charge in [-0.1, -0.05) is 20.8 Å². The number of aliphatic imine (C=N–C) groups is 1. The summed E-state index contributed by atoms with van der Waals surface area (Å²) >= 11 is 0. The van der Waals surface area contributed by atoms with Gasteiger partial charge in [-0.15, -0.1) is 0 Å². The van der Waals surface area contributed by atoms with E-state index in [0.29, 0.717) is 6.17 Å². The molecule has 0 radical (unpaired) electrons. The zero-order chi connectivity index (χ0) is 9.47. The molecule has 2 N–H and O–H groups in total. The first kappa shape index (κ1) is 8.75. The molecule has 0 amide bonds. The molecule has 0 saturated heterocycles. The molecule has 2 aliphatic rings. The summed E-state index contributed by atoms with van der Waals surface area (Å²) in [6, 6.07) is 0. The van der Waals surface area contributed by atoms with Gasteiger partial charge < -0.3 is 5.32 Å². The number of nitrogens with zero attached hydrogens (tertiary/aromatic N) is 1. The summed E-state index contributed by atoms with van der Waals surface area (Å²) in [6.45, 7) is 7.65. The van der Waals surface area contributed by atoms with E-state index in [1.54, 1.807) is 0 Å². The lowest BCUT2D eigenvalue weighted by Gasteiger charge is -2.36. The number of rotatable bonds is 0. The van der Waals surface area contributed by atoms with Crippen LogP contribution in [0.2, 0.25) is 0 Å². The average molecular weight is 179 g/mol. The Hall–Kier alpha value is -0.830. The third-order valence-corrected chi connectivity index (χ3v) is 2.56. The van der Waals surface area contributed by atoms with Crippen molar-refractivity contribution >= 4 is 6.21 Å². The van der Waals surface area contributed by atoms with Crippen LogP contribution in [0, 0.1) is 5.41 Å². The summed E-state index contributed by atoms with van der Waals surface area (Å²) < 4.78 is 0. The first-order valence-electron chi connectivity index (χ1n) is 4.82. The molecule has 3 heteroatoms. The molecule has 0 aliphatic carbocycles. The Morgan fingerprint density at radius 3 is 2.92 bits per heavy atom. The third-order valence-electron chi connectivity index (χ3n) is 2.56. The highest BCUT2D eigenvalue weighted by Crippen LogP contribution is 2.24. The van der Waals surface area contributed by atoms with E-state index in [-0.39, 0.29) is 5.41 Å². The zero-order valence-corrected chi connectivity index (χ0v) is 8.52. The maximum Gasteiger partial charge on any atom is 0.127 e. The lowest BCUT2D eigenvalue weighted by atomic mass is 9.91. The van der Waals surface area contributed by atoms with Gasteiger partial charge in [0.25, 0.3) is 0 Å². The van der Waals surface area contributed by atoms with E-state index in [1.807, 2.05) is 6.21 Å². The summed E-state index contributed by atoms with van der Waals surface area (Å²) in [6.07, 6.45) is 3.32. The molecular weight excluding hydrogens is 162 g/mol. The maximum atomic E-state index is 4.32. The Kier molecular flexibility index (Phi) is 1.91. The van der Waals surface area contributed by atoms with Crippen LogP contribution in [0.25, 0.3) is 0 Å². The fourth-order valence-electron chi connectivity index (χ4n) is 1.67. The molecule has 0 bridgehead atoms. The van der Waals surface area contributed by atoms with Crippen molar-refractivity contribution in [2.24, 2.45) is 10.4 Å². The standard InChI is InChI=1S/C10H17N3/c1-10(2,3)9-12-6-7-4-5-11-8(7)13-9/h5,9,12-13H,4,6H2,1-3H3. The van der Waals surface area contributed by atoms with Gasteiger partial charge in [-0.3, -0.25) is 5.32 Å². The average Bonchev–Trinajstić information content (AvgIpc) is 2.47. The van der Waals surface area contributed by atoms with E-state index in [0.717, 1.165) is 18.8 Å². The zero-order valence-electron chi connectivity index (χ0n) is 8.52. The Labute approximate surface area is 79.3 Å². The molecule has 2 rings (SSSR count). The Balaban J connectivity index is 2.11. The molecule has 0 aromatic heterocycles. The van der Waals surface area contributed by atoms with Crippen LogP contribution < -0.4 is 10.6 Å². The molecule has 1 atom stereocenters. The van der Waals surface area contributed by atoms with Gasteiger partial charge in [0.05, 0.1) is 6.17 Å². The second kappa shape index (κ2) is 2.84. The minimum Gasteiger partial charge on any atom is -0.354 e. The molecule has 3 nitrogen and oxygen atoms in total. The Bertz CT molecular complexity index is 270. The summed E-state index contributed by atoms with van der Waals surface area (Å²) in [5.74, 6) is 1.10. The van der Waals surface area contributed by atoms with Gasteiger partial charge in [-0.2, -0.15) is 0 Å². The van der Waals surface area contributed by atoms with Crippen LogP contribution in [0.15, 0.2) is 16.4 Å². The Morgan fingerprint density at radius 2 is 2.23 bits per heavy atom. The van der Waals surface area contributed by atoms with Crippen molar-refractivity contribution in [3.63, 3.8) is 0 Å². The van der Waals surface area contributed by atoms with Crippen LogP contribution in [0.1, 0.15) is 27.2 Å². The van der Waals surface area contributed by atoms with Crippen LogP contribution >= 0.6 is 0 Å². The van der Waals surface area contributed by atoms with Crippen LogP contribution in [0.3, 0.4) is 0 Å². The van der Waals surface area contributed by atoms with E-state index in [4.69, 9.17) is 0 Å². The van der Waals surface area contributed by atoms with Crippen LogP contribution in [-0.2, 0) is 0 Å². The number of hydrogen-bond acceptors (Lipinski definition) is 3. The van der Waals surface area contributed by atoms with Crippen molar-refractivity contribution in [2.45, 2.75) is 33.4 Å². The lowest BCUT2D eigenvalue weighted by Crippen LogP contribution is -2.53. The Morgan fingerprint density at radius 1 is 1.46 bits per heavy atom. The molecule has 13 heavy (non-hydrogen) atoms. The van der Waals surface area contributed by atoms with E-state index >= 15 is 0 Å². The fraction of sp³-hybridized carbons (Fsp3) is 0.700. The predicted molar refractivity (Wildman–Crippen MR) is 54.5 cm³/mol. The van der Waals surface area contributed by atoms with Crippen molar-refractivity contribution in [2.75, 3.05) is 6.54 Å². The summed E-state index contributed by atoms with van der Waals surface area (Å²) in [5, 5.41) is 6.91. The van der Waals surface area contributed by atoms with Crippen molar-refractivity contribution in [1.29, 1.82) is 0 Å². The van der Waals surface area contributed by atoms with Crippen molar-refractivity contribution in [3.05, 3.63) is 11.4 Å². The van der Waals surface area contributed by atoms with Crippen LogP contribution in [0.4, 0.5) is 0 Å². The van der Waals surface area contributed by atoms with Gasteiger partial charge in [0, 0.05) is 19.2 Å². The second-order valence-electron chi connectivity index (χ2n) is 4.79. The van der Waals surface area contributed by atoms with Crippen LogP contribution in [-0.4, -0.2) is 18.9 Å². The largest absolute Gasteiger partial charge is 0.354 e. The van der Waals surface area contributed by atoms with Gasteiger partial charge in [0.1, 0.15) is 5.82 Å². The van der Waals surface area contributed by atoms with E-state index in [2.05, 4.69) is 36.4 Å². The summed E-state index contributed by atoms with van der Waals surface area (Å²) in [5.41, 5.74) is 1.62. The highest BCUT2D eigenvalue weighted by molar-refractivity contribution is 5.67. The highest BCUT2D eigenvalue weighted by atomic mass is 15.2. The minimum absolute atomic E-state index is 0.233. The van der Waals surface area contributed by atoms with Gasteiger partial charge in [0.15, 0.2) is 0 Å². The van der Waals surface area contributed by atoms with E-state index in [1.165, 1.54) is 5.57 Å². The molecule has 1 unspecified atom stereocenters. The molecular formula is C10H17N3. The number of nitrogens with one attached hydrogen (secondary N) is 2. The number of hydrogen-bond donors (Lipinski definition) is 2. The topological polar surface area (TPSA) is 36.4 Å².